The molecule has 0 bridgehead atoms. The standard InChI is InChI=1S/C6H5N3O2/c1-3-10-5(7-1)9-6-8-2-4-11-6/h1-4H,(H,7,8,9). The van der Waals surface area contributed by atoms with Crippen LogP contribution in [0.2, 0.25) is 0 Å². The van der Waals surface area contributed by atoms with Crippen LogP contribution in [0.5, 0.6) is 0 Å². The van der Waals surface area contributed by atoms with Crippen molar-refractivity contribution in [1.29, 1.82) is 0 Å². The molecule has 0 saturated heterocycles. The van der Waals surface area contributed by atoms with Crippen molar-refractivity contribution in [1.82, 2.24) is 9.97 Å². The average Bonchev–Trinajstić information content (AvgIpc) is 2.60. The van der Waals surface area contributed by atoms with Gasteiger partial charge in [0.05, 0.1) is 12.4 Å². The van der Waals surface area contributed by atoms with Crippen molar-refractivity contribution in [3.8, 4) is 0 Å². The van der Waals surface area contributed by atoms with Gasteiger partial charge in [0, 0.05) is 0 Å². The largest absolute Gasteiger partial charge is 0.432 e. The number of anilines is 2. The van der Waals surface area contributed by atoms with Crippen molar-refractivity contribution in [2.75, 3.05) is 5.32 Å². The minimum atomic E-state index is 0.368. The van der Waals surface area contributed by atoms with Gasteiger partial charge in [-0.25, -0.2) is 9.97 Å². The Morgan fingerprint density at radius 2 is 1.55 bits per heavy atom. The molecule has 5 nitrogen and oxygen atoms in total. The van der Waals surface area contributed by atoms with E-state index in [1.54, 1.807) is 0 Å². The number of rotatable bonds is 2. The highest BCUT2D eigenvalue weighted by Gasteiger charge is 1.99. The van der Waals surface area contributed by atoms with Crippen molar-refractivity contribution in [3.63, 3.8) is 0 Å². The van der Waals surface area contributed by atoms with E-state index >= 15 is 0 Å². The summed E-state index contributed by atoms with van der Waals surface area (Å²) in [4.78, 5) is 7.63. The van der Waals surface area contributed by atoms with Crippen molar-refractivity contribution < 1.29 is 8.83 Å². The molecule has 0 aromatic carbocycles. The van der Waals surface area contributed by atoms with E-state index in [2.05, 4.69) is 15.3 Å². The summed E-state index contributed by atoms with van der Waals surface area (Å²) in [6, 6.07) is 0.736. The first-order valence-electron chi connectivity index (χ1n) is 3.01. The Bertz CT molecular complexity index is 268. The van der Waals surface area contributed by atoms with Crippen LogP contribution in [0.1, 0.15) is 0 Å². The highest BCUT2D eigenvalue weighted by Crippen LogP contribution is 2.10. The monoisotopic (exact) mass is 151 g/mol. The van der Waals surface area contributed by atoms with Gasteiger partial charge in [-0.05, 0) is 0 Å². The molecule has 5 heteroatoms. The molecule has 0 unspecified atom stereocenters. The second-order valence-electron chi connectivity index (χ2n) is 1.80. The summed E-state index contributed by atoms with van der Waals surface area (Å²) >= 11 is 0. The molecule has 0 aliphatic carbocycles. The molecule has 1 N–H and O–H groups in total. The summed E-state index contributed by atoms with van der Waals surface area (Å²) < 4.78 is 9.77. The molecule has 0 aliphatic heterocycles. The molecule has 0 spiro atoms. The van der Waals surface area contributed by atoms with E-state index in [1.165, 1.54) is 24.9 Å². The van der Waals surface area contributed by atoms with Gasteiger partial charge >= 0.3 is 12.0 Å². The van der Waals surface area contributed by atoms with Crippen LogP contribution >= 0.6 is 0 Å². The second-order valence-corrected chi connectivity index (χ2v) is 1.80. The van der Waals surface area contributed by atoms with Gasteiger partial charge in [-0.1, -0.05) is 0 Å². The molecule has 2 rings (SSSR count). The topological polar surface area (TPSA) is 64.1 Å². The molecule has 0 atom stereocenters. The molecule has 2 aromatic heterocycles. The Balaban J connectivity index is 2.14. The lowest BCUT2D eigenvalue weighted by atomic mass is 10.9. The SMILES string of the molecule is c1coc(Nc2ncco2)n1. The summed E-state index contributed by atoms with van der Waals surface area (Å²) in [5, 5.41) is 2.71. The van der Waals surface area contributed by atoms with Gasteiger partial charge in [-0.3, -0.25) is 5.32 Å². The molecule has 11 heavy (non-hydrogen) atoms. The second kappa shape index (κ2) is 2.45. The summed E-state index contributed by atoms with van der Waals surface area (Å²) in [6.07, 6.45) is 5.99. The fraction of sp³-hybridized carbons (Fsp3) is 0. The first kappa shape index (κ1) is 5.96. The predicted octanol–water partition coefficient (Wildman–Crippen LogP) is 1.41. The minimum absolute atomic E-state index is 0.368. The van der Waals surface area contributed by atoms with Crippen LogP contribution < -0.4 is 5.32 Å². The van der Waals surface area contributed by atoms with E-state index in [4.69, 9.17) is 8.83 Å². The normalized spacial score (nSPS) is 9.82. The van der Waals surface area contributed by atoms with E-state index in [0.29, 0.717) is 12.0 Å². The van der Waals surface area contributed by atoms with Gasteiger partial charge in [0.1, 0.15) is 12.5 Å². The Morgan fingerprint density at radius 3 is 1.91 bits per heavy atom. The molecule has 2 heterocycles. The molecule has 2 aromatic rings. The minimum Gasteiger partial charge on any atom is -0.432 e. The van der Waals surface area contributed by atoms with Gasteiger partial charge in [-0.15, -0.1) is 0 Å². The maximum atomic E-state index is 4.88. The lowest BCUT2D eigenvalue weighted by molar-refractivity contribution is 0.549. The molecule has 0 amide bonds. The first-order chi connectivity index (χ1) is 5.45. The molecule has 0 radical (unpaired) electrons. The van der Waals surface area contributed by atoms with Gasteiger partial charge in [0.15, 0.2) is 0 Å². The maximum absolute atomic E-state index is 4.88. The number of nitrogens with one attached hydrogen (secondary N) is 1. The van der Waals surface area contributed by atoms with Gasteiger partial charge in [-0.2, -0.15) is 0 Å². The van der Waals surface area contributed by atoms with Crippen molar-refractivity contribution in [3.05, 3.63) is 24.9 Å². The van der Waals surface area contributed by atoms with Gasteiger partial charge in [0.2, 0.25) is 0 Å². The first-order valence-corrected chi connectivity index (χ1v) is 3.01. The van der Waals surface area contributed by atoms with Crippen LogP contribution in [0.15, 0.2) is 33.8 Å². The van der Waals surface area contributed by atoms with Crippen LogP contribution in [0.25, 0.3) is 0 Å². The number of nitrogens with zero attached hydrogens (tertiary/aromatic N) is 2. The third kappa shape index (κ3) is 1.21. The maximum Gasteiger partial charge on any atom is 0.302 e. The van der Waals surface area contributed by atoms with Gasteiger partial charge < -0.3 is 8.83 Å². The van der Waals surface area contributed by atoms with E-state index < -0.39 is 0 Å². The van der Waals surface area contributed by atoms with Crippen molar-refractivity contribution >= 4 is 12.0 Å². The highest BCUT2D eigenvalue weighted by molar-refractivity contribution is 5.36. The van der Waals surface area contributed by atoms with E-state index in [9.17, 15) is 0 Å². The Morgan fingerprint density at radius 1 is 1.00 bits per heavy atom. The molecule has 56 valence electrons. The smallest absolute Gasteiger partial charge is 0.302 e. The highest BCUT2D eigenvalue weighted by atomic mass is 16.4. The van der Waals surface area contributed by atoms with Crippen LogP contribution in [0.4, 0.5) is 12.0 Å². The summed E-state index contributed by atoms with van der Waals surface area (Å²) in [5.74, 6) is 0. The summed E-state index contributed by atoms with van der Waals surface area (Å²) in [6.45, 7) is 0. The third-order valence-electron chi connectivity index (χ3n) is 1.08. The number of hydrogen-bond donors (Lipinski definition) is 1. The number of aromatic nitrogens is 2. The zero-order valence-corrected chi connectivity index (χ0v) is 5.52. The fourth-order valence-corrected chi connectivity index (χ4v) is 0.662. The van der Waals surface area contributed by atoms with Crippen molar-refractivity contribution in [2.45, 2.75) is 0 Å². The van der Waals surface area contributed by atoms with Crippen LogP contribution in [-0.2, 0) is 0 Å². The third-order valence-corrected chi connectivity index (χ3v) is 1.08. The number of hydrogen-bond acceptors (Lipinski definition) is 5. The fourth-order valence-electron chi connectivity index (χ4n) is 0.662. The van der Waals surface area contributed by atoms with Crippen LogP contribution in [0.3, 0.4) is 0 Å². The predicted molar refractivity (Wildman–Crippen MR) is 36.3 cm³/mol. The Labute approximate surface area is 62.1 Å². The summed E-state index contributed by atoms with van der Waals surface area (Å²) in [7, 11) is 0. The van der Waals surface area contributed by atoms with E-state index in [0.717, 1.165) is 0 Å². The Hall–Kier alpha value is -1.78. The van der Waals surface area contributed by atoms with E-state index in [1.807, 2.05) is 0 Å². The van der Waals surface area contributed by atoms with Crippen molar-refractivity contribution in [2.24, 2.45) is 0 Å². The molecule has 0 saturated carbocycles. The summed E-state index contributed by atoms with van der Waals surface area (Å²) in [5.41, 5.74) is 0. The van der Waals surface area contributed by atoms with E-state index in [-0.39, 0.29) is 0 Å². The van der Waals surface area contributed by atoms with Gasteiger partial charge in [0.25, 0.3) is 0 Å². The quantitative estimate of drug-likeness (QED) is 0.702. The lowest BCUT2D eigenvalue weighted by Gasteiger charge is -1.91. The number of oxazole rings is 2. The Kier molecular flexibility index (Phi) is 1.33. The van der Waals surface area contributed by atoms with Crippen LogP contribution in [-0.4, -0.2) is 9.97 Å². The van der Waals surface area contributed by atoms with Crippen LogP contribution in [0, 0.1) is 0 Å². The molecular formula is C6H5N3O2. The molecule has 0 aliphatic rings. The zero-order valence-electron chi connectivity index (χ0n) is 5.52. The molecule has 0 fully saturated rings. The molecular weight excluding hydrogens is 146 g/mol. The lowest BCUT2D eigenvalue weighted by Crippen LogP contribution is -1.88. The zero-order chi connectivity index (χ0) is 7.52. The average molecular weight is 151 g/mol.